The fourth-order valence-corrected chi connectivity index (χ4v) is 2.18. The largest absolute Gasteiger partial charge is 0.501 e. The molecule has 1 aromatic rings. The zero-order valence-corrected chi connectivity index (χ0v) is 10.2. The second-order valence-corrected chi connectivity index (χ2v) is 3.83. The third-order valence-electron chi connectivity index (χ3n) is 2.96. The summed E-state index contributed by atoms with van der Waals surface area (Å²) in [5.41, 5.74) is 5.04. The van der Waals surface area contributed by atoms with Gasteiger partial charge in [0.1, 0.15) is 6.54 Å². The van der Waals surface area contributed by atoms with Gasteiger partial charge in [0, 0.05) is 13.0 Å². The summed E-state index contributed by atoms with van der Waals surface area (Å²) >= 11 is 0. The summed E-state index contributed by atoms with van der Waals surface area (Å²) in [4.78, 5) is 0. The van der Waals surface area contributed by atoms with Gasteiger partial charge in [0.15, 0.2) is 5.71 Å². The van der Waals surface area contributed by atoms with Crippen LogP contribution in [0.15, 0.2) is 30.5 Å². The molecule has 0 saturated carbocycles. The van der Waals surface area contributed by atoms with E-state index in [0.717, 1.165) is 6.54 Å². The van der Waals surface area contributed by atoms with E-state index >= 15 is 0 Å². The van der Waals surface area contributed by atoms with E-state index in [9.17, 15) is 0 Å². The van der Waals surface area contributed by atoms with Gasteiger partial charge in [-0.2, -0.15) is 4.58 Å². The number of fused-ring (bicyclic) bond motifs is 1. The lowest BCUT2D eigenvalue weighted by molar-refractivity contribution is -0.432. The van der Waals surface area contributed by atoms with E-state index in [1.54, 1.807) is 0 Å². The third-order valence-corrected chi connectivity index (χ3v) is 2.96. The molecule has 0 spiro atoms. The van der Waals surface area contributed by atoms with Crippen molar-refractivity contribution in [3.05, 3.63) is 36.1 Å². The number of nitrogens with zero attached hydrogens (tertiary/aromatic N) is 1. The molecular weight excluding hydrogens is 198 g/mol. The van der Waals surface area contributed by atoms with Crippen LogP contribution in [0.25, 0.3) is 5.57 Å². The Kier molecular flexibility index (Phi) is 3.09. The Balaban J connectivity index is 2.52. The molecule has 0 bridgehead atoms. The van der Waals surface area contributed by atoms with E-state index in [1.165, 1.54) is 22.5 Å². The number of ether oxygens (including phenoxy) is 1. The smallest absolute Gasteiger partial charge is 0.213 e. The number of hydrogen-bond acceptors (Lipinski definition) is 1. The predicted octanol–water partition coefficient (Wildman–Crippen LogP) is 3.20. The second-order valence-electron chi connectivity index (χ2n) is 3.83. The van der Waals surface area contributed by atoms with Crippen molar-refractivity contribution in [1.82, 2.24) is 0 Å². The van der Waals surface area contributed by atoms with E-state index in [1.807, 2.05) is 13.2 Å². The summed E-state index contributed by atoms with van der Waals surface area (Å²) in [6.45, 7) is 8.03. The van der Waals surface area contributed by atoms with Gasteiger partial charge in [0.25, 0.3) is 0 Å². The Labute approximate surface area is 96.9 Å². The summed E-state index contributed by atoms with van der Waals surface area (Å²) < 4.78 is 7.75. The quantitative estimate of drug-likeness (QED) is 0.558. The Hall–Kier alpha value is -1.57. The maximum Gasteiger partial charge on any atom is 0.213 e. The summed E-state index contributed by atoms with van der Waals surface area (Å²) in [6.07, 6.45) is 1.88. The van der Waals surface area contributed by atoms with Crippen LogP contribution in [0.2, 0.25) is 0 Å². The van der Waals surface area contributed by atoms with Gasteiger partial charge in [-0.1, -0.05) is 12.1 Å². The molecule has 2 nitrogen and oxygen atoms in total. The van der Waals surface area contributed by atoms with Crippen molar-refractivity contribution >= 4 is 17.0 Å². The van der Waals surface area contributed by atoms with Crippen molar-refractivity contribution in [1.29, 1.82) is 0 Å². The maximum atomic E-state index is 5.43. The van der Waals surface area contributed by atoms with Gasteiger partial charge >= 0.3 is 0 Å². The molecule has 1 aliphatic heterocycles. The van der Waals surface area contributed by atoms with Crippen LogP contribution in [0.4, 0.5) is 5.69 Å². The second kappa shape index (κ2) is 4.52. The predicted molar refractivity (Wildman–Crippen MR) is 67.2 cm³/mol. The summed E-state index contributed by atoms with van der Waals surface area (Å²) in [7, 11) is 0. The minimum atomic E-state index is 0.713. The highest BCUT2D eigenvalue weighted by Gasteiger charge is 2.30. The molecule has 0 unspecified atom stereocenters. The molecule has 2 rings (SSSR count). The first kappa shape index (κ1) is 10.9. The maximum absolute atomic E-state index is 5.43. The summed E-state index contributed by atoms with van der Waals surface area (Å²) in [6, 6.07) is 8.47. The first-order valence-corrected chi connectivity index (χ1v) is 5.82. The molecule has 16 heavy (non-hydrogen) atoms. The number of benzene rings is 1. The van der Waals surface area contributed by atoms with Crippen molar-refractivity contribution < 1.29 is 9.31 Å². The Morgan fingerprint density at radius 3 is 2.69 bits per heavy atom. The van der Waals surface area contributed by atoms with Gasteiger partial charge in [0.2, 0.25) is 5.69 Å². The number of rotatable bonds is 3. The topological polar surface area (TPSA) is 12.2 Å². The van der Waals surface area contributed by atoms with Crippen LogP contribution in [0.1, 0.15) is 26.3 Å². The van der Waals surface area contributed by atoms with E-state index in [-0.39, 0.29) is 0 Å². The standard InChI is InChI=1S/C14H18NO/c1-4-15-11(3)13(10-16-5-2)12-8-6-7-9-14(12)15/h6-10H,4-5H2,1-3H3/q+1/b13-10-. The Morgan fingerprint density at radius 1 is 1.25 bits per heavy atom. The molecule has 1 heterocycles. The number of hydrogen-bond donors (Lipinski definition) is 0. The van der Waals surface area contributed by atoms with Crippen LogP contribution < -0.4 is 0 Å². The molecule has 0 aromatic heterocycles. The highest BCUT2D eigenvalue weighted by Crippen LogP contribution is 2.33. The van der Waals surface area contributed by atoms with Crippen LogP contribution in [-0.4, -0.2) is 23.4 Å². The molecule has 2 heteroatoms. The fraction of sp³-hybridized carbons (Fsp3) is 0.357. The molecule has 84 valence electrons. The molecule has 0 amide bonds. The minimum absolute atomic E-state index is 0.713. The van der Waals surface area contributed by atoms with Crippen molar-refractivity contribution in [2.24, 2.45) is 0 Å². The lowest BCUT2D eigenvalue weighted by Gasteiger charge is -1.97. The molecule has 0 atom stereocenters. The third kappa shape index (κ3) is 1.64. The molecule has 0 fully saturated rings. The van der Waals surface area contributed by atoms with Crippen molar-refractivity contribution in [3.63, 3.8) is 0 Å². The van der Waals surface area contributed by atoms with Crippen LogP contribution in [0, 0.1) is 0 Å². The van der Waals surface area contributed by atoms with E-state index in [0.29, 0.717) is 6.61 Å². The normalized spacial score (nSPS) is 16.8. The van der Waals surface area contributed by atoms with Crippen LogP contribution in [0.5, 0.6) is 0 Å². The van der Waals surface area contributed by atoms with Gasteiger partial charge in [-0.3, -0.25) is 0 Å². The van der Waals surface area contributed by atoms with Crippen LogP contribution in [-0.2, 0) is 4.74 Å². The van der Waals surface area contributed by atoms with Gasteiger partial charge in [-0.05, 0) is 19.9 Å². The minimum Gasteiger partial charge on any atom is -0.501 e. The van der Waals surface area contributed by atoms with E-state index in [2.05, 4.69) is 42.7 Å². The van der Waals surface area contributed by atoms with Gasteiger partial charge in [-0.25, -0.2) is 0 Å². The fourth-order valence-electron chi connectivity index (χ4n) is 2.18. The average molecular weight is 216 g/mol. The molecule has 0 aliphatic carbocycles. The number of allylic oxidation sites excluding steroid dienone is 1. The zero-order chi connectivity index (χ0) is 11.5. The number of para-hydroxylation sites is 1. The van der Waals surface area contributed by atoms with Gasteiger partial charge < -0.3 is 4.74 Å². The van der Waals surface area contributed by atoms with Crippen molar-refractivity contribution in [2.75, 3.05) is 13.2 Å². The van der Waals surface area contributed by atoms with Crippen molar-refractivity contribution in [2.45, 2.75) is 20.8 Å². The first-order valence-electron chi connectivity index (χ1n) is 5.82. The summed E-state index contributed by atoms with van der Waals surface area (Å²) in [5, 5.41) is 0. The van der Waals surface area contributed by atoms with E-state index in [4.69, 9.17) is 4.74 Å². The molecule has 0 saturated heterocycles. The molecule has 0 N–H and O–H groups in total. The molecule has 1 aromatic carbocycles. The Bertz CT molecular complexity index is 458. The zero-order valence-electron chi connectivity index (χ0n) is 10.2. The first-order chi connectivity index (χ1) is 7.79. The van der Waals surface area contributed by atoms with Crippen molar-refractivity contribution in [3.8, 4) is 0 Å². The van der Waals surface area contributed by atoms with E-state index < -0.39 is 0 Å². The molecular formula is C14H18NO+. The highest BCUT2D eigenvalue weighted by molar-refractivity contribution is 6.23. The van der Waals surface area contributed by atoms with Crippen LogP contribution in [0.3, 0.4) is 0 Å². The van der Waals surface area contributed by atoms with Gasteiger partial charge in [-0.15, -0.1) is 0 Å². The van der Waals surface area contributed by atoms with Crippen LogP contribution >= 0.6 is 0 Å². The highest BCUT2D eigenvalue weighted by atomic mass is 16.5. The SMILES string of the molecule is CCO/C=C1/C(C)=[N+](CC)c2ccccc21. The lowest BCUT2D eigenvalue weighted by atomic mass is 10.1. The van der Waals surface area contributed by atoms with Gasteiger partial charge in [0.05, 0.1) is 24.0 Å². The lowest BCUT2D eigenvalue weighted by Crippen LogP contribution is -2.08. The monoisotopic (exact) mass is 216 g/mol. The Morgan fingerprint density at radius 2 is 2.00 bits per heavy atom. The summed E-state index contributed by atoms with van der Waals surface area (Å²) in [5.74, 6) is 0. The average Bonchev–Trinajstić information content (AvgIpc) is 2.58. The molecule has 1 aliphatic rings. The molecule has 0 radical (unpaired) electrons.